The van der Waals surface area contributed by atoms with Crippen LogP contribution >= 0.6 is 31.9 Å². The topological polar surface area (TPSA) is 85.7 Å². The van der Waals surface area contributed by atoms with Crippen LogP contribution in [0.15, 0.2) is 33.0 Å². The van der Waals surface area contributed by atoms with Gasteiger partial charge in [0, 0.05) is 18.8 Å². The normalized spacial score (nSPS) is 16.8. The molecule has 2 rings (SSSR count). The fourth-order valence-corrected chi connectivity index (χ4v) is 3.04. The summed E-state index contributed by atoms with van der Waals surface area (Å²) in [6, 6.07) is 3.04. The number of phenols is 1. The average molecular weight is 419 g/mol. The van der Waals surface area contributed by atoms with Gasteiger partial charge in [-0.2, -0.15) is 0 Å². The van der Waals surface area contributed by atoms with Crippen LogP contribution in [0.4, 0.5) is 0 Å². The van der Waals surface area contributed by atoms with Crippen molar-refractivity contribution in [1.82, 2.24) is 10.2 Å². The molecule has 0 spiro atoms. The lowest BCUT2D eigenvalue weighted by Gasteiger charge is -2.29. The SMILES string of the molecule is CN/C=C1/OCCN(C(=O)c2cc(Br)c(O)c(Br)c2)C1=N. The highest BCUT2D eigenvalue weighted by molar-refractivity contribution is 9.11. The first-order chi connectivity index (χ1) is 9.95. The number of hydrogen-bond acceptors (Lipinski definition) is 5. The molecule has 0 bridgehead atoms. The standard InChI is InChI=1S/C13H13Br2N3O3/c1-17-6-10-12(16)18(2-3-21-10)13(20)7-4-8(14)11(19)9(15)5-7/h4-6,16-17,19H,2-3H2,1H3/b10-6+,16-12?. The molecule has 0 aromatic heterocycles. The second-order valence-corrected chi connectivity index (χ2v) is 5.95. The molecule has 1 aliphatic heterocycles. The van der Waals surface area contributed by atoms with Crippen molar-refractivity contribution in [3.8, 4) is 5.75 Å². The summed E-state index contributed by atoms with van der Waals surface area (Å²) < 4.78 is 6.15. The molecule has 1 aromatic rings. The second-order valence-electron chi connectivity index (χ2n) is 4.24. The maximum Gasteiger partial charge on any atom is 0.259 e. The Morgan fingerprint density at radius 1 is 1.48 bits per heavy atom. The lowest BCUT2D eigenvalue weighted by molar-refractivity contribution is 0.0770. The molecule has 1 aliphatic rings. The van der Waals surface area contributed by atoms with Crippen molar-refractivity contribution < 1.29 is 14.6 Å². The van der Waals surface area contributed by atoms with Gasteiger partial charge in [0.05, 0.1) is 15.5 Å². The number of amidine groups is 1. The number of hydrogen-bond donors (Lipinski definition) is 3. The van der Waals surface area contributed by atoms with Crippen LogP contribution < -0.4 is 5.32 Å². The molecular formula is C13H13Br2N3O3. The molecule has 1 saturated heterocycles. The van der Waals surface area contributed by atoms with E-state index >= 15 is 0 Å². The van der Waals surface area contributed by atoms with Crippen molar-refractivity contribution in [2.45, 2.75) is 0 Å². The number of halogens is 2. The van der Waals surface area contributed by atoms with Gasteiger partial charge in [-0.3, -0.25) is 15.1 Å². The van der Waals surface area contributed by atoms with Crippen molar-refractivity contribution in [2.75, 3.05) is 20.2 Å². The summed E-state index contributed by atoms with van der Waals surface area (Å²) in [5.41, 5.74) is 0.363. The zero-order valence-corrected chi connectivity index (χ0v) is 14.3. The molecule has 0 saturated carbocycles. The van der Waals surface area contributed by atoms with Gasteiger partial charge in [0.2, 0.25) is 0 Å². The van der Waals surface area contributed by atoms with Gasteiger partial charge in [0.1, 0.15) is 12.4 Å². The largest absolute Gasteiger partial charge is 0.506 e. The predicted molar refractivity (Wildman–Crippen MR) is 85.4 cm³/mol. The Morgan fingerprint density at radius 3 is 2.67 bits per heavy atom. The van der Waals surface area contributed by atoms with Crippen LogP contribution in [0.3, 0.4) is 0 Å². The highest BCUT2D eigenvalue weighted by atomic mass is 79.9. The molecule has 0 radical (unpaired) electrons. The van der Waals surface area contributed by atoms with E-state index in [2.05, 4.69) is 37.2 Å². The summed E-state index contributed by atoms with van der Waals surface area (Å²) in [6.07, 6.45) is 1.53. The summed E-state index contributed by atoms with van der Waals surface area (Å²) in [6.45, 7) is 0.622. The average Bonchev–Trinajstić information content (AvgIpc) is 2.46. The number of morpholine rings is 1. The van der Waals surface area contributed by atoms with Gasteiger partial charge in [-0.15, -0.1) is 0 Å². The maximum atomic E-state index is 12.5. The third-order valence-corrected chi connectivity index (χ3v) is 4.07. The molecule has 1 fully saturated rings. The van der Waals surface area contributed by atoms with Crippen LogP contribution in [0.2, 0.25) is 0 Å². The highest BCUT2D eigenvalue weighted by Gasteiger charge is 2.28. The fourth-order valence-electron chi connectivity index (χ4n) is 1.85. The van der Waals surface area contributed by atoms with Gasteiger partial charge < -0.3 is 15.2 Å². The zero-order chi connectivity index (χ0) is 15.6. The van der Waals surface area contributed by atoms with Gasteiger partial charge in [-0.05, 0) is 44.0 Å². The Balaban J connectivity index is 2.31. The van der Waals surface area contributed by atoms with Crippen LogP contribution in [-0.2, 0) is 4.74 Å². The predicted octanol–water partition coefficient (Wildman–Crippen LogP) is 2.43. The molecule has 1 aromatic carbocycles. The van der Waals surface area contributed by atoms with Gasteiger partial charge in [0.25, 0.3) is 5.91 Å². The van der Waals surface area contributed by atoms with Crippen LogP contribution in [0.1, 0.15) is 10.4 Å². The summed E-state index contributed by atoms with van der Waals surface area (Å²) >= 11 is 6.38. The third-order valence-electron chi connectivity index (χ3n) is 2.86. The number of ether oxygens (including phenoxy) is 1. The smallest absolute Gasteiger partial charge is 0.259 e. The minimum absolute atomic E-state index is 0.000852. The van der Waals surface area contributed by atoms with E-state index in [9.17, 15) is 9.90 Å². The van der Waals surface area contributed by atoms with E-state index in [1.165, 1.54) is 23.2 Å². The summed E-state index contributed by atoms with van der Waals surface area (Å²) in [5.74, 6) is 0.0148. The number of benzene rings is 1. The molecule has 112 valence electrons. The van der Waals surface area contributed by atoms with Gasteiger partial charge in [-0.1, -0.05) is 0 Å². The molecule has 6 nitrogen and oxygen atoms in total. The molecule has 0 aliphatic carbocycles. The number of rotatable bonds is 2. The first-order valence-corrected chi connectivity index (χ1v) is 7.63. The first kappa shape index (κ1) is 15.8. The molecule has 1 heterocycles. The van der Waals surface area contributed by atoms with Crippen molar-refractivity contribution in [1.29, 1.82) is 5.41 Å². The van der Waals surface area contributed by atoms with E-state index in [-0.39, 0.29) is 17.5 Å². The van der Waals surface area contributed by atoms with Gasteiger partial charge in [-0.25, -0.2) is 0 Å². The number of carbonyl (C=O) groups is 1. The highest BCUT2D eigenvalue weighted by Crippen LogP contribution is 2.33. The fraction of sp³-hybridized carbons (Fsp3) is 0.231. The van der Waals surface area contributed by atoms with Crippen LogP contribution in [-0.4, -0.2) is 41.9 Å². The monoisotopic (exact) mass is 417 g/mol. The Kier molecular flexibility index (Phi) is 4.89. The van der Waals surface area contributed by atoms with Crippen molar-refractivity contribution in [2.24, 2.45) is 0 Å². The van der Waals surface area contributed by atoms with Crippen molar-refractivity contribution in [3.05, 3.63) is 38.6 Å². The molecule has 0 unspecified atom stereocenters. The summed E-state index contributed by atoms with van der Waals surface area (Å²) in [7, 11) is 1.69. The molecule has 1 amide bonds. The lowest BCUT2D eigenvalue weighted by atomic mass is 10.1. The van der Waals surface area contributed by atoms with E-state index in [0.29, 0.717) is 33.4 Å². The third kappa shape index (κ3) is 3.21. The summed E-state index contributed by atoms with van der Waals surface area (Å²) in [4.78, 5) is 13.9. The number of nitrogens with one attached hydrogen (secondary N) is 2. The van der Waals surface area contributed by atoms with E-state index in [0.717, 1.165) is 0 Å². The van der Waals surface area contributed by atoms with E-state index < -0.39 is 0 Å². The first-order valence-electron chi connectivity index (χ1n) is 6.04. The number of carbonyl (C=O) groups excluding carboxylic acids is 1. The van der Waals surface area contributed by atoms with Crippen molar-refractivity contribution in [3.63, 3.8) is 0 Å². The lowest BCUT2D eigenvalue weighted by Crippen LogP contribution is -2.44. The van der Waals surface area contributed by atoms with Gasteiger partial charge >= 0.3 is 0 Å². The van der Waals surface area contributed by atoms with E-state index in [1.54, 1.807) is 7.05 Å². The van der Waals surface area contributed by atoms with Crippen LogP contribution in [0.5, 0.6) is 5.75 Å². The molecule has 8 heteroatoms. The Labute approximate surface area is 138 Å². The second kappa shape index (κ2) is 6.48. The zero-order valence-electron chi connectivity index (χ0n) is 11.1. The molecule has 0 atom stereocenters. The van der Waals surface area contributed by atoms with E-state index in [4.69, 9.17) is 10.1 Å². The number of phenolic OH excluding ortho intramolecular Hbond substituents is 1. The molecular weight excluding hydrogens is 406 g/mol. The van der Waals surface area contributed by atoms with E-state index in [1.807, 2.05) is 0 Å². The Morgan fingerprint density at radius 2 is 2.10 bits per heavy atom. The Hall–Kier alpha value is -1.54. The summed E-state index contributed by atoms with van der Waals surface area (Å²) in [5, 5.41) is 20.5. The quantitative estimate of drug-likeness (QED) is 0.688. The maximum absolute atomic E-state index is 12.5. The minimum atomic E-state index is -0.327. The van der Waals surface area contributed by atoms with Crippen molar-refractivity contribution >= 4 is 43.6 Å². The van der Waals surface area contributed by atoms with Crippen LogP contribution in [0, 0.1) is 5.41 Å². The van der Waals surface area contributed by atoms with Gasteiger partial charge in [0.15, 0.2) is 11.6 Å². The van der Waals surface area contributed by atoms with Crippen LogP contribution in [0.25, 0.3) is 0 Å². The number of nitrogens with zero attached hydrogens (tertiary/aromatic N) is 1. The molecule has 3 N–H and O–H groups in total. The minimum Gasteiger partial charge on any atom is -0.506 e. The number of amides is 1. The molecule has 21 heavy (non-hydrogen) atoms. The Bertz CT molecular complexity index is 608. The number of aromatic hydroxyl groups is 1.